The third-order valence-corrected chi connectivity index (χ3v) is 2.51. The molecule has 0 aliphatic heterocycles. The molecule has 1 saturated carbocycles. The molecule has 0 bridgehead atoms. The maximum atomic E-state index is 5.69. The average molecular weight is 201 g/mol. The first kappa shape index (κ1) is 8.55. The fraction of sp³-hybridized carbons (Fsp3) is 0.300. The maximum Gasteiger partial charge on any atom is 0.243 e. The van der Waals surface area contributed by atoms with Gasteiger partial charge in [0.15, 0.2) is 0 Å². The van der Waals surface area contributed by atoms with Crippen LogP contribution in [0.15, 0.2) is 24.3 Å². The number of anilines is 1. The smallest absolute Gasteiger partial charge is 0.243 e. The van der Waals surface area contributed by atoms with Crippen LogP contribution in [-0.2, 0) is 0 Å². The predicted molar refractivity (Wildman–Crippen MR) is 57.3 cm³/mol. The molecule has 2 atom stereocenters. The van der Waals surface area contributed by atoms with Crippen molar-refractivity contribution in [2.45, 2.75) is 18.5 Å². The van der Waals surface area contributed by atoms with Gasteiger partial charge in [-0.25, -0.2) is 4.98 Å². The van der Waals surface area contributed by atoms with Crippen molar-refractivity contribution in [1.29, 1.82) is 0 Å². The van der Waals surface area contributed by atoms with E-state index in [0.717, 1.165) is 17.5 Å². The van der Waals surface area contributed by atoms with Crippen LogP contribution in [0.25, 0.3) is 11.0 Å². The Kier molecular flexibility index (Phi) is 1.78. The summed E-state index contributed by atoms with van der Waals surface area (Å²) in [5.74, 6) is 0.562. The number of benzene rings is 1. The molecule has 0 spiro atoms. The van der Waals surface area contributed by atoms with Crippen molar-refractivity contribution in [1.82, 2.24) is 15.2 Å². The number of fused-ring (bicyclic) bond motifs is 1. The molecule has 1 aliphatic carbocycles. The number of aromatic nitrogens is 3. The third-order valence-electron chi connectivity index (χ3n) is 2.51. The molecule has 0 amide bonds. The normalized spacial score (nSPS) is 24.1. The van der Waals surface area contributed by atoms with Gasteiger partial charge in [0, 0.05) is 12.1 Å². The number of nitrogens with one attached hydrogen (secondary N) is 1. The molecule has 1 aliphatic rings. The van der Waals surface area contributed by atoms with E-state index in [1.807, 2.05) is 24.3 Å². The van der Waals surface area contributed by atoms with E-state index in [0.29, 0.717) is 12.0 Å². The molecule has 5 heteroatoms. The van der Waals surface area contributed by atoms with Crippen LogP contribution in [0, 0.1) is 0 Å². The second kappa shape index (κ2) is 3.13. The first-order chi connectivity index (χ1) is 7.33. The van der Waals surface area contributed by atoms with Gasteiger partial charge >= 0.3 is 0 Å². The second-order valence-corrected chi connectivity index (χ2v) is 3.77. The summed E-state index contributed by atoms with van der Waals surface area (Å²) >= 11 is 0. The Hall–Kier alpha value is -1.75. The summed E-state index contributed by atoms with van der Waals surface area (Å²) in [7, 11) is 0. The van der Waals surface area contributed by atoms with Crippen LogP contribution in [0.5, 0.6) is 0 Å². The van der Waals surface area contributed by atoms with Gasteiger partial charge < -0.3 is 11.1 Å². The van der Waals surface area contributed by atoms with E-state index in [-0.39, 0.29) is 6.04 Å². The van der Waals surface area contributed by atoms with E-state index in [4.69, 9.17) is 5.73 Å². The van der Waals surface area contributed by atoms with Gasteiger partial charge in [-0.1, -0.05) is 12.1 Å². The zero-order valence-corrected chi connectivity index (χ0v) is 8.09. The van der Waals surface area contributed by atoms with Crippen LogP contribution >= 0.6 is 0 Å². The highest BCUT2D eigenvalue weighted by Gasteiger charge is 2.33. The van der Waals surface area contributed by atoms with E-state index in [1.54, 1.807) is 0 Å². The van der Waals surface area contributed by atoms with E-state index < -0.39 is 0 Å². The molecule has 15 heavy (non-hydrogen) atoms. The molecule has 0 radical (unpaired) electrons. The lowest BCUT2D eigenvalue weighted by molar-refractivity contribution is 0.949. The van der Waals surface area contributed by atoms with Gasteiger partial charge in [0.2, 0.25) is 5.95 Å². The molecule has 1 aromatic carbocycles. The molecule has 2 aromatic rings. The lowest BCUT2D eigenvalue weighted by atomic mass is 10.3. The standard InChI is InChI=1S/C10H11N5/c11-6-5-9(6)13-10-12-7-3-1-2-4-8(7)14-15-10/h1-4,6,9H,5,11H2,(H,12,13,15). The first-order valence-electron chi connectivity index (χ1n) is 4.94. The summed E-state index contributed by atoms with van der Waals surface area (Å²) < 4.78 is 0. The molecule has 76 valence electrons. The van der Waals surface area contributed by atoms with Gasteiger partial charge in [0.25, 0.3) is 0 Å². The Bertz CT molecular complexity index is 498. The van der Waals surface area contributed by atoms with Gasteiger partial charge in [-0.05, 0) is 18.6 Å². The minimum atomic E-state index is 0.236. The number of nitrogens with two attached hydrogens (primary N) is 1. The van der Waals surface area contributed by atoms with Crippen molar-refractivity contribution in [3.8, 4) is 0 Å². The molecule has 3 rings (SSSR count). The van der Waals surface area contributed by atoms with E-state index in [1.165, 1.54) is 0 Å². The van der Waals surface area contributed by atoms with Crippen LogP contribution < -0.4 is 11.1 Å². The minimum Gasteiger partial charge on any atom is -0.349 e. The number of nitrogens with zero attached hydrogens (tertiary/aromatic N) is 3. The Morgan fingerprint density at radius 1 is 1.20 bits per heavy atom. The molecule has 5 nitrogen and oxygen atoms in total. The van der Waals surface area contributed by atoms with Crippen molar-refractivity contribution < 1.29 is 0 Å². The highest BCUT2D eigenvalue weighted by molar-refractivity contribution is 5.74. The molecule has 1 fully saturated rings. The van der Waals surface area contributed by atoms with Gasteiger partial charge in [0.05, 0.1) is 5.52 Å². The summed E-state index contributed by atoms with van der Waals surface area (Å²) in [6, 6.07) is 8.21. The van der Waals surface area contributed by atoms with Crippen LogP contribution in [0.3, 0.4) is 0 Å². The van der Waals surface area contributed by atoms with E-state index >= 15 is 0 Å². The lowest BCUT2D eigenvalue weighted by Gasteiger charge is -2.02. The SMILES string of the molecule is NC1CC1Nc1nnc2ccccc2n1. The third kappa shape index (κ3) is 1.61. The number of rotatable bonds is 2. The first-order valence-corrected chi connectivity index (χ1v) is 4.94. The Morgan fingerprint density at radius 3 is 2.67 bits per heavy atom. The van der Waals surface area contributed by atoms with E-state index in [2.05, 4.69) is 20.5 Å². The quantitative estimate of drug-likeness (QED) is 0.741. The largest absolute Gasteiger partial charge is 0.349 e. The van der Waals surface area contributed by atoms with Crippen LogP contribution in [0.1, 0.15) is 6.42 Å². The van der Waals surface area contributed by atoms with Gasteiger partial charge in [-0.3, -0.25) is 0 Å². The van der Waals surface area contributed by atoms with Gasteiger partial charge in [0.1, 0.15) is 5.52 Å². The molecule has 3 N–H and O–H groups in total. The Morgan fingerprint density at radius 2 is 1.93 bits per heavy atom. The summed E-state index contributed by atoms with van der Waals surface area (Å²) in [5, 5.41) is 11.2. The van der Waals surface area contributed by atoms with Gasteiger partial charge in [-0.15, -0.1) is 10.2 Å². The number of hydrogen-bond acceptors (Lipinski definition) is 5. The summed E-state index contributed by atoms with van der Waals surface area (Å²) in [4.78, 5) is 4.35. The van der Waals surface area contributed by atoms with Crippen molar-refractivity contribution in [3.63, 3.8) is 0 Å². The number of para-hydroxylation sites is 1. The predicted octanol–water partition coefficient (Wildman–Crippen LogP) is 0.536. The zero-order chi connectivity index (χ0) is 10.3. The van der Waals surface area contributed by atoms with Crippen molar-refractivity contribution >= 4 is 17.0 Å². The molecule has 1 aromatic heterocycles. The molecular weight excluding hydrogens is 190 g/mol. The summed E-state index contributed by atoms with van der Waals surface area (Å²) in [6.45, 7) is 0. The number of hydrogen-bond donors (Lipinski definition) is 2. The topological polar surface area (TPSA) is 76.7 Å². The molecule has 2 unspecified atom stereocenters. The van der Waals surface area contributed by atoms with Crippen molar-refractivity contribution in [3.05, 3.63) is 24.3 Å². The van der Waals surface area contributed by atoms with E-state index in [9.17, 15) is 0 Å². The van der Waals surface area contributed by atoms with Crippen LogP contribution in [-0.4, -0.2) is 27.3 Å². The van der Waals surface area contributed by atoms with Gasteiger partial charge in [-0.2, -0.15) is 0 Å². The van der Waals surface area contributed by atoms with Crippen molar-refractivity contribution in [2.75, 3.05) is 5.32 Å². The van der Waals surface area contributed by atoms with Crippen molar-refractivity contribution in [2.24, 2.45) is 5.73 Å². The highest BCUT2D eigenvalue weighted by Crippen LogP contribution is 2.22. The second-order valence-electron chi connectivity index (χ2n) is 3.77. The summed E-state index contributed by atoms with van der Waals surface area (Å²) in [5.41, 5.74) is 7.35. The maximum absolute atomic E-state index is 5.69. The zero-order valence-electron chi connectivity index (χ0n) is 8.09. The Balaban J connectivity index is 1.92. The Labute approximate surface area is 86.7 Å². The minimum absolute atomic E-state index is 0.236. The molecule has 0 saturated heterocycles. The monoisotopic (exact) mass is 201 g/mol. The lowest BCUT2D eigenvalue weighted by Crippen LogP contribution is -2.15. The fourth-order valence-corrected chi connectivity index (χ4v) is 1.49. The highest BCUT2D eigenvalue weighted by atomic mass is 15.3. The van der Waals surface area contributed by atoms with Crippen LogP contribution in [0.4, 0.5) is 5.95 Å². The van der Waals surface area contributed by atoms with Crippen LogP contribution in [0.2, 0.25) is 0 Å². The summed E-state index contributed by atoms with van der Waals surface area (Å²) in [6.07, 6.45) is 0.982. The molecular formula is C10H11N5. The average Bonchev–Trinajstić information content (AvgIpc) is 2.94. The fourth-order valence-electron chi connectivity index (χ4n) is 1.49. The molecule has 1 heterocycles.